The first-order chi connectivity index (χ1) is 15.8. The Balaban J connectivity index is 1.68. The number of benzene rings is 3. The molecule has 0 N–H and O–H groups in total. The number of aromatic nitrogens is 4. The van der Waals surface area contributed by atoms with Crippen LogP contribution in [0.25, 0.3) is 56.1 Å². The van der Waals surface area contributed by atoms with Crippen LogP contribution in [0.1, 0.15) is 0 Å². The van der Waals surface area contributed by atoms with E-state index in [9.17, 15) is 0 Å². The molecule has 152 valence electrons. The third-order valence-electron chi connectivity index (χ3n) is 5.28. The molecule has 6 rings (SSSR count). The smallest absolute Gasteiger partial charge is 0.164 e. The van der Waals surface area contributed by atoms with Crippen molar-refractivity contribution in [2.24, 2.45) is 0 Å². The molecule has 0 unspecified atom stereocenters. The van der Waals surface area contributed by atoms with Crippen LogP contribution in [0.2, 0.25) is 5.02 Å². The maximum absolute atomic E-state index is 6.47. The minimum Gasteiger partial charge on any atom is -0.456 e. The molecule has 0 amide bonds. The Morgan fingerprint density at radius 1 is 0.656 bits per heavy atom. The van der Waals surface area contributed by atoms with Gasteiger partial charge >= 0.3 is 0 Å². The summed E-state index contributed by atoms with van der Waals surface area (Å²) in [4.78, 5) is 18.7. The van der Waals surface area contributed by atoms with Crippen molar-refractivity contribution < 1.29 is 4.42 Å². The van der Waals surface area contributed by atoms with Crippen LogP contribution in [0.5, 0.6) is 0 Å². The van der Waals surface area contributed by atoms with E-state index in [1.54, 1.807) is 18.5 Å². The predicted octanol–water partition coefficient (Wildman–Crippen LogP) is 6.82. The monoisotopic (exact) mass is 434 g/mol. The number of halogens is 1. The molecule has 32 heavy (non-hydrogen) atoms. The Hall–Kier alpha value is -4.09. The molecule has 3 heterocycles. The van der Waals surface area contributed by atoms with E-state index >= 15 is 0 Å². The fraction of sp³-hybridized carbons (Fsp3) is 0. The van der Waals surface area contributed by atoms with E-state index in [2.05, 4.69) is 4.98 Å². The number of hydrogen-bond donors (Lipinski definition) is 0. The van der Waals surface area contributed by atoms with Crippen molar-refractivity contribution in [3.8, 4) is 34.2 Å². The summed E-state index contributed by atoms with van der Waals surface area (Å²) in [5.41, 5.74) is 3.99. The van der Waals surface area contributed by atoms with Gasteiger partial charge in [-0.3, -0.25) is 4.98 Å². The van der Waals surface area contributed by atoms with E-state index in [0.717, 1.165) is 33.0 Å². The highest BCUT2D eigenvalue weighted by Gasteiger charge is 2.18. The molecule has 6 aromatic rings. The molecule has 5 nitrogen and oxygen atoms in total. The van der Waals surface area contributed by atoms with E-state index in [0.29, 0.717) is 28.1 Å². The van der Waals surface area contributed by atoms with Crippen LogP contribution in [-0.2, 0) is 0 Å². The molecule has 0 aliphatic rings. The first-order valence-electron chi connectivity index (χ1n) is 10.1. The van der Waals surface area contributed by atoms with Crippen molar-refractivity contribution in [2.75, 3.05) is 0 Å². The largest absolute Gasteiger partial charge is 0.456 e. The van der Waals surface area contributed by atoms with Crippen molar-refractivity contribution >= 4 is 33.5 Å². The average Bonchev–Trinajstić information content (AvgIpc) is 3.22. The van der Waals surface area contributed by atoms with E-state index < -0.39 is 0 Å². The van der Waals surface area contributed by atoms with Crippen LogP contribution in [0.3, 0.4) is 0 Å². The minimum atomic E-state index is 0.525. The quantitative estimate of drug-likeness (QED) is 0.305. The standard InChI is InChI=1S/C26H15ClN4O/c27-18-13-19(23-20-15-28-12-11-21(20)32-22(23)14-18)26-30-24(16-7-3-1-4-8-16)29-25(31-26)17-9-5-2-6-10-17/h1-15H. The van der Waals surface area contributed by atoms with Gasteiger partial charge in [0.25, 0.3) is 0 Å². The van der Waals surface area contributed by atoms with Crippen LogP contribution in [0.4, 0.5) is 0 Å². The Morgan fingerprint density at radius 3 is 1.94 bits per heavy atom. The summed E-state index contributed by atoms with van der Waals surface area (Å²) in [6, 6.07) is 25.2. The second-order valence-electron chi connectivity index (χ2n) is 7.34. The highest BCUT2D eigenvalue weighted by Crippen LogP contribution is 2.38. The van der Waals surface area contributed by atoms with Gasteiger partial charge in [0.1, 0.15) is 11.2 Å². The van der Waals surface area contributed by atoms with Gasteiger partial charge in [0.15, 0.2) is 17.5 Å². The second-order valence-corrected chi connectivity index (χ2v) is 7.78. The van der Waals surface area contributed by atoms with Gasteiger partial charge in [-0.25, -0.2) is 15.0 Å². The number of rotatable bonds is 3. The molecule has 0 spiro atoms. The van der Waals surface area contributed by atoms with Crippen molar-refractivity contribution in [3.63, 3.8) is 0 Å². The summed E-state index contributed by atoms with van der Waals surface area (Å²) in [5, 5.41) is 2.31. The SMILES string of the molecule is Clc1cc(-c2nc(-c3ccccc3)nc(-c3ccccc3)n2)c2c(c1)oc1ccncc12. The number of furan rings is 1. The van der Waals surface area contributed by atoms with E-state index in [-0.39, 0.29) is 0 Å². The molecule has 6 heteroatoms. The molecule has 0 saturated heterocycles. The lowest BCUT2D eigenvalue weighted by atomic mass is 10.1. The van der Waals surface area contributed by atoms with Crippen LogP contribution in [0, 0.1) is 0 Å². The summed E-state index contributed by atoms with van der Waals surface area (Å²) in [6.07, 6.45) is 3.49. The summed E-state index contributed by atoms with van der Waals surface area (Å²) < 4.78 is 6.03. The minimum absolute atomic E-state index is 0.525. The van der Waals surface area contributed by atoms with Gasteiger partial charge in [0.2, 0.25) is 0 Å². The number of nitrogens with zero attached hydrogens (tertiary/aromatic N) is 4. The normalized spacial score (nSPS) is 11.3. The Labute approximate surface area is 188 Å². The Bertz CT molecular complexity index is 1520. The zero-order valence-electron chi connectivity index (χ0n) is 16.7. The highest BCUT2D eigenvalue weighted by molar-refractivity contribution is 6.32. The molecule has 0 atom stereocenters. The maximum Gasteiger partial charge on any atom is 0.164 e. The van der Waals surface area contributed by atoms with Gasteiger partial charge in [0, 0.05) is 50.9 Å². The maximum atomic E-state index is 6.47. The van der Waals surface area contributed by atoms with Gasteiger partial charge in [-0.2, -0.15) is 0 Å². The van der Waals surface area contributed by atoms with Crippen molar-refractivity contribution in [1.29, 1.82) is 0 Å². The lowest BCUT2D eigenvalue weighted by molar-refractivity contribution is 0.668. The molecule has 0 fully saturated rings. The van der Waals surface area contributed by atoms with Crippen LogP contribution >= 0.6 is 11.6 Å². The topological polar surface area (TPSA) is 64.7 Å². The summed E-state index contributed by atoms with van der Waals surface area (Å²) in [5.74, 6) is 1.71. The second kappa shape index (κ2) is 7.55. The van der Waals surface area contributed by atoms with Gasteiger partial charge in [-0.05, 0) is 12.1 Å². The van der Waals surface area contributed by atoms with Crippen LogP contribution in [0.15, 0.2) is 95.7 Å². The van der Waals surface area contributed by atoms with Crippen molar-refractivity contribution in [2.45, 2.75) is 0 Å². The third-order valence-corrected chi connectivity index (χ3v) is 5.50. The van der Waals surface area contributed by atoms with Gasteiger partial charge in [0.05, 0.1) is 0 Å². The summed E-state index contributed by atoms with van der Waals surface area (Å²) in [6.45, 7) is 0. The number of pyridine rings is 1. The molecule has 0 aliphatic heterocycles. The number of fused-ring (bicyclic) bond motifs is 3. The van der Waals surface area contributed by atoms with Gasteiger partial charge < -0.3 is 4.42 Å². The lowest BCUT2D eigenvalue weighted by Gasteiger charge is -2.09. The molecule has 0 bridgehead atoms. The van der Waals surface area contributed by atoms with Gasteiger partial charge in [-0.15, -0.1) is 0 Å². The Morgan fingerprint density at radius 2 is 1.28 bits per heavy atom. The molecule has 0 aliphatic carbocycles. The van der Waals surface area contributed by atoms with Crippen LogP contribution < -0.4 is 0 Å². The van der Waals surface area contributed by atoms with Crippen LogP contribution in [-0.4, -0.2) is 19.9 Å². The Kier molecular flexibility index (Phi) is 4.40. The van der Waals surface area contributed by atoms with Gasteiger partial charge in [-0.1, -0.05) is 72.3 Å². The first kappa shape index (κ1) is 18.7. The molecular formula is C26H15ClN4O. The summed E-state index contributed by atoms with van der Waals surface area (Å²) >= 11 is 6.47. The van der Waals surface area contributed by atoms with E-state index in [1.165, 1.54) is 0 Å². The zero-order valence-corrected chi connectivity index (χ0v) is 17.5. The highest BCUT2D eigenvalue weighted by atomic mass is 35.5. The molecule has 3 aromatic carbocycles. The van der Waals surface area contributed by atoms with Crippen molar-refractivity contribution in [1.82, 2.24) is 19.9 Å². The summed E-state index contributed by atoms with van der Waals surface area (Å²) in [7, 11) is 0. The van der Waals surface area contributed by atoms with E-state index in [4.69, 9.17) is 31.0 Å². The predicted molar refractivity (Wildman–Crippen MR) is 126 cm³/mol. The fourth-order valence-corrected chi connectivity index (χ4v) is 4.03. The number of hydrogen-bond acceptors (Lipinski definition) is 5. The average molecular weight is 435 g/mol. The third kappa shape index (κ3) is 3.20. The molecular weight excluding hydrogens is 420 g/mol. The molecule has 3 aromatic heterocycles. The van der Waals surface area contributed by atoms with E-state index in [1.807, 2.05) is 72.8 Å². The fourth-order valence-electron chi connectivity index (χ4n) is 3.82. The first-order valence-corrected chi connectivity index (χ1v) is 10.5. The molecule has 0 radical (unpaired) electrons. The lowest BCUT2D eigenvalue weighted by Crippen LogP contribution is -2.00. The zero-order chi connectivity index (χ0) is 21.5. The molecule has 0 saturated carbocycles. The van der Waals surface area contributed by atoms with Crippen molar-refractivity contribution in [3.05, 3.63) is 96.3 Å².